The number of ether oxygens (including phenoxy) is 2. The predicted molar refractivity (Wildman–Crippen MR) is 530 cm³/mol. The topological polar surface area (TPSA) is 345 Å². The van der Waals surface area contributed by atoms with E-state index in [1.54, 1.807) is 36.4 Å². The van der Waals surface area contributed by atoms with E-state index in [4.69, 9.17) is 9.47 Å². The molecule has 0 spiro atoms. The highest BCUT2D eigenvalue weighted by Gasteiger charge is 2.30. The number of aryl methyl sites for hydroxylation is 5. The first-order chi connectivity index (χ1) is 63.1. The highest BCUT2D eigenvalue weighted by atomic mass is 32.2. The SMILES string of the molecule is CCCCCCCCCC(=O)NC(CCS(=O)(=O)OC)C(=O)Nc1c(C)cc(C)c(-c2nnc3cc(C(C)(C)C)[nH]n23)c1C.CCCCCCCCCCCCC(Oc1ccc(Cc2cccc(C(=O)O)c2)cc1)c1nnc2cc(C(C)(C)C)[nH]n12.CCCCCCCCCCCCC(Oc1ccc(O)c(C)c1)C(=O)Nc1ccc(CCCc2nnc3cc(C(C)(C)C)[nH]n23)cc1. The summed E-state index contributed by atoms with van der Waals surface area (Å²) >= 11 is 0. The van der Waals surface area contributed by atoms with Crippen molar-refractivity contribution in [1.29, 1.82) is 0 Å². The second kappa shape index (κ2) is 51.5. The van der Waals surface area contributed by atoms with Gasteiger partial charge in [-0.05, 0) is 179 Å². The summed E-state index contributed by atoms with van der Waals surface area (Å²) in [6.07, 6.45) is 36.9. The number of hydrogen-bond acceptors (Lipinski definition) is 16. The molecule has 0 bridgehead atoms. The summed E-state index contributed by atoms with van der Waals surface area (Å²) < 4.78 is 47.4. The fraction of sp³-hybridized carbons (Fsp3) is 0.562. The normalized spacial score (nSPS) is 12.6. The molecule has 6 heterocycles. The zero-order chi connectivity index (χ0) is 95.6. The molecule has 132 heavy (non-hydrogen) atoms. The lowest BCUT2D eigenvalue weighted by molar-refractivity contribution is -0.126. The van der Waals surface area contributed by atoms with Gasteiger partial charge in [0.2, 0.25) is 11.8 Å². The Morgan fingerprint density at radius 2 is 0.977 bits per heavy atom. The number of hydrogen-bond donors (Lipinski definition) is 8. The van der Waals surface area contributed by atoms with E-state index < -0.39 is 39.9 Å². The molecule has 3 unspecified atom stereocenters. The summed E-state index contributed by atoms with van der Waals surface area (Å²) in [5.41, 5.74) is 14.6. The van der Waals surface area contributed by atoms with Crippen molar-refractivity contribution >= 4 is 62.1 Å². The third kappa shape index (κ3) is 32.9. The van der Waals surface area contributed by atoms with Crippen molar-refractivity contribution in [2.24, 2.45) is 0 Å². The number of amides is 3. The number of phenolic OH excluding ortho intramolecular Hbond substituents is 1. The van der Waals surface area contributed by atoms with Crippen molar-refractivity contribution < 1.29 is 51.5 Å². The Morgan fingerprint density at radius 1 is 0.470 bits per heavy atom. The van der Waals surface area contributed by atoms with E-state index in [1.807, 2.05) is 95.8 Å². The van der Waals surface area contributed by atoms with Crippen LogP contribution in [0.4, 0.5) is 11.4 Å². The Kier molecular flexibility index (Phi) is 41.0. The number of aromatic hydroxyl groups is 1. The van der Waals surface area contributed by atoms with Gasteiger partial charge in [0.25, 0.3) is 16.0 Å². The second-order valence-corrected chi connectivity index (χ2v) is 40.9. The maximum absolute atomic E-state index is 13.6. The van der Waals surface area contributed by atoms with Crippen LogP contribution in [-0.4, -0.2) is 127 Å². The summed E-state index contributed by atoms with van der Waals surface area (Å²) in [7, 11) is -2.75. The Hall–Kier alpha value is -10.7. The van der Waals surface area contributed by atoms with Gasteiger partial charge in [0.15, 0.2) is 46.6 Å². The molecule has 0 saturated carbocycles. The first-order valence-electron chi connectivity index (χ1n) is 48.8. The van der Waals surface area contributed by atoms with Gasteiger partial charge in [0.1, 0.15) is 23.3 Å². The molecule has 0 aliphatic carbocycles. The number of carbonyl (C=O) groups is 4. The van der Waals surface area contributed by atoms with Gasteiger partial charge in [-0.3, -0.25) is 33.9 Å². The van der Waals surface area contributed by atoms with Crippen LogP contribution < -0.4 is 25.4 Å². The molecule has 0 radical (unpaired) electrons. The van der Waals surface area contributed by atoms with E-state index in [1.165, 1.54) is 134 Å². The number of nitrogens with zero attached hydrogens (tertiary/aromatic N) is 9. The zero-order valence-corrected chi connectivity index (χ0v) is 83.0. The van der Waals surface area contributed by atoms with Crippen molar-refractivity contribution in [2.45, 2.75) is 370 Å². The summed E-state index contributed by atoms with van der Waals surface area (Å²) in [6.45, 7) is 33.7. The zero-order valence-electron chi connectivity index (χ0n) is 82.2. The highest BCUT2D eigenvalue weighted by molar-refractivity contribution is 7.86. The minimum atomic E-state index is -3.83. The van der Waals surface area contributed by atoms with Crippen LogP contribution in [0.25, 0.3) is 28.3 Å². The van der Waals surface area contributed by atoms with Crippen LogP contribution in [0.15, 0.2) is 115 Å². The van der Waals surface area contributed by atoms with Crippen molar-refractivity contribution in [3.05, 3.63) is 188 Å². The minimum Gasteiger partial charge on any atom is -0.508 e. The van der Waals surface area contributed by atoms with E-state index in [0.717, 1.165) is 162 Å². The molecule has 720 valence electrons. The number of nitrogens with one attached hydrogen (secondary N) is 6. The lowest BCUT2D eigenvalue weighted by atomic mass is 9.93. The Morgan fingerprint density at radius 3 is 1.54 bits per heavy atom. The van der Waals surface area contributed by atoms with E-state index in [0.29, 0.717) is 47.7 Å². The highest BCUT2D eigenvalue weighted by Crippen LogP contribution is 2.37. The average Bonchev–Trinajstić information content (AvgIpc) is 1.60. The summed E-state index contributed by atoms with van der Waals surface area (Å²) in [5, 5.41) is 65.0. The number of unbranched alkanes of at least 4 members (excludes halogenated alkanes) is 24. The first kappa shape index (κ1) is 105. The molecule has 0 saturated heterocycles. The lowest BCUT2D eigenvalue weighted by Crippen LogP contribution is -2.45. The number of carboxylic acids is 1. The minimum absolute atomic E-state index is 0.0231. The van der Waals surface area contributed by atoms with Crippen molar-refractivity contribution in [2.75, 3.05) is 23.5 Å². The molecule has 26 nitrogen and oxygen atoms in total. The number of fused-ring (bicyclic) bond motifs is 3. The summed E-state index contributed by atoms with van der Waals surface area (Å²) in [6, 6.07) is 35.4. The van der Waals surface area contributed by atoms with Gasteiger partial charge in [0, 0.05) is 81.3 Å². The number of anilines is 2. The molecule has 0 fully saturated rings. The quantitative estimate of drug-likeness (QED) is 0.0130. The second-order valence-electron chi connectivity index (χ2n) is 39.1. The molecule has 6 aromatic heterocycles. The summed E-state index contributed by atoms with van der Waals surface area (Å²) in [4.78, 5) is 51.2. The number of aromatic carboxylic acids is 1. The van der Waals surface area contributed by atoms with Crippen LogP contribution in [-0.2, 0) is 64.2 Å². The Labute approximate surface area is 784 Å². The van der Waals surface area contributed by atoms with Gasteiger partial charge in [-0.1, -0.05) is 280 Å². The molecule has 0 aliphatic rings. The third-order valence-electron chi connectivity index (χ3n) is 24.6. The largest absolute Gasteiger partial charge is 0.508 e. The monoisotopic (exact) mass is 1830 g/mol. The molecule has 3 amide bonds. The average molecular weight is 1830 g/mol. The van der Waals surface area contributed by atoms with Gasteiger partial charge in [-0.15, -0.1) is 30.6 Å². The van der Waals surface area contributed by atoms with Gasteiger partial charge in [0.05, 0.1) is 18.4 Å². The van der Waals surface area contributed by atoms with Crippen LogP contribution in [0.2, 0.25) is 0 Å². The Bertz CT molecular complexity index is 5520. The number of phenols is 1. The molecule has 27 heteroatoms. The molecule has 8 N–H and O–H groups in total. The van der Waals surface area contributed by atoms with Gasteiger partial charge in [-0.25, -0.2) is 18.3 Å². The molecular weight excluding hydrogens is 1680 g/mol. The Balaban J connectivity index is 0.000000223. The number of benzene rings is 5. The number of carbonyl (C=O) groups excluding carboxylic acids is 3. The number of H-pyrrole nitrogens is 3. The number of carboxylic acid groups (broad SMARTS) is 1. The predicted octanol–water partition coefficient (Wildman–Crippen LogP) is 24.2. The molecule has 11 rings (SSSR count). The van der Waals surface area contributed by atoms with Crippen LogP contribution in [0.1, 0.15) is 373 Å². The van der Waals surface area contributed by atoms with E-state index in [-0.39, 0.29) is 52.8 Å². The standard InChI is InChI=1S/C38H55N5O3.C35H48N4O3.C32H50N6O5S/c1-6-7-8-9-10-11-12-13-14-15-18-33(46-31-24-25-32(44)28(2)26-31)37(45)39-30-22-20-29(21-23-30)17-16-19-35-40-41-36-27-34(38(3,4)5)42-43(35)36;1-5-6-7-8-9-10-11-12-13-14-18-30(33-37-36-32-25-31(35(2,3)4)38-39(32)33)42-29-21-19-26(20-22-29)23-27-16-15-17-28(24-27)34(40)41;1-9-10-11-12-13-14-15-16-27(39)33-24(17-18-44(41,42)43-8)31(40)34-29-22(3)19-21(2)28(23(29)4)30-36-35-26-20-25(32(5,6)7)37-38(26)30/h20-27,33,42,44H,6-19H2,1-5H3,(H,39,45);15-17,19-22,24-25,30,38H,5-14,18,23H2,1-4H3,(H,40,41);19-20,24,37H,9-18H2,1-8H3,(H,33,39)(H,34,40). The van der Waals surface area contributed by atoms with Crippen molar-refractivity contribution in [3.8, 4) is 28.6 Å². The molecule has 3 atom stereocenters. The fourth-order valence-corrected chi connectivity index (χ4v) is 17.2. The number of aromatic nitrogens is 12. The van der Waals surface area contributed by atoms with E-state index in [2.05, 4.69) is 173 Å². The van der Waals surface area contributed by atoms with Crippen LogP contribution >= 0.6 is 0 Å². The van der Waals surface area contributed by atoms with Crippen LogP contribution in [0.3, 0.4) is 0 Å². The van der Waals surface area contributed by atoms with Crippen molar-refractivity contribution in [3.63, 3.8) is 0 Å². The molecule has 11 aromatic rings. The maximum Gasteiger partial charge on any atom is 0.335 e. The number of aromatic amines is 3. The lowest BCUT2D eigenvalue weighted by Gasteiger charge is -2.22. The third-order valence-corrected chi connectivity index (χ3v) is 25.9. The molecule has 0 aliphatic heterocycles. The van der Waals surface area contributed by atoms with Crippen LogP contribution in [0, 0.1) is 27.7 Å². The maximum atomic E-state index is 13.6. The molecular formula is C105H153N15O11S. The number of rotatable bonds is 52. The van der Waals surface area contributed by atoms with E-state index in [9.17, 15) is 37.8 Å². The fourth-order valence-electron chi connectivity index (χ4n) is 16.5. The van der Waals surface area contributed by atoms with Gasteiger partial charge in [-0.2, -0.15) is 8.42 Å². The molecule has 5 aromatic carbocycles. The van der Waals surface area contributed by atoms with Gasteiger partial charge >= 0.3 is 5.97 Å². The van der Waals surface area contributed by atoms with E-state index >= 15 is 0 Å². The van der Waals surface area contributed by atoms with Crippen LogP contribution in [0.5, 0.6) is 17.2 Å². The first-order valence-corrected chi connectivity index (χ1v) is 50.4. The smallest absolute Gasteiger partial charge is 0.335 e. The van der Waals surface area contributed by atoms with Gasteiger partial charge < -0.3 is 35.6 Å². The van der Waals surface area contributed by atoms with Crippen molar-refractivity contribution in [1.82, 2.24) is 64.8 Å². The summed E-state index contributed by atoms with van der Waals surface area (Å²) in [5.74, 6) is 1.72.